The SMILES string of the molecule is CC(C)(C)C(=O)N1CCN(C(=O)C2CCCN2C(=O)c2ccc(Br)cc2)CC1. The van der Waals surface area contributed by atoms with E-state index in [1.807, 2.05) is 42.7 Å². The van der Waals surface area contributed by atoms with Crippen LogP contribution in [0.25, 0.3) is 0 Å². The third kappa shape index (κ3) is 4.40. The number of carbonyl (C=O) groups excluding carboxylic acids is 3. The largest absolute Gasteiger partial charge is 0.339 e. The molecule has 0 spiro atoms. The summed E-state index contributed by atoms with van der Waals surface area (Å²) in [6, 6.07) is 6.84. The smallest absolute Gasteiger partial charge is 0.254 e. The molecule has 0 N–H and O–H groups in total. The van der Waals surface area contributed by atoms with Gasteiger partial charge in [0.15, 0.2) is 0 Å². The van der Waals surface area contributed by atoms with E-state index in [9.17, 15) is 14.4 Å². The van der Waals surface area contributed by atoms with Crippen molar-refractivity contribution >= 4 is 33.7 Å². The lowest BCUT2D eigenvalue weighted by molar-refractivity contribution is -0.146. The maximum Gasteiger partial charge on any atom is 0.254 e. The molecule has 2 fully saturated rings. The van der Waals surface area contributed by atoms with E-state index in [2.05, 4.69) is 15.9 Å². The fourth-order valence-electron chi connectivity index (χ4n) is 3.84. The van der Waals surface area contributed by atoms with Gasteiger partial charge in [-0.15, -0.1) is 0 Å². The summed E-state index contributed by atoms with van der Waals surface area (Å²) in [5.74, 6) is 0.0308. The monoisotopic (exact) mass is 449 g/mol. The summed E-state index contributed by atoms with van der Waals surface area (Å²) < 4.78 is 0.917. The van der Waals surface area contributed by atoms with Crippen LogP contribution in [0.2, 0.25) is 0 Å². The first-order chi connectivity index (χ1) is 13.2. The second kappa shape index (κ2) is 8.23. The number of piperazine rings is 1. The van der Waals surface area contributed by atoms with Gasteiger partial charge in [0.05, 0.1) is 0 Å². The average Bonchev–Trinajstić information content (AvgIpc) is 3.16. The van der Waals surface area contributed by atoms with Crippen molar-refractivity contribution in [2.24, 2.45) is 5.41 Å². The number of halogens is 1. The molecule has 3 amide bonds. The molecule has 7 heteroatoms. The molecule has 1 aromatic carbocycles. The highest BCUT2D eigenvalue weighted by molar-refractivity contribution is 9.10. The number of rotatable bonds is 2. The maximum atomic E-state index is 13.1. The second-order valence-corrected chi connectivity index (χ2v) is 9.45. The Morgan fingerprint density at radius 2 is 1.50 bits per heavy atom. The number of benzene rings is 1. The molecule has 0 bridgehead atoms. The van der Waals surface area contributed by atoms with Crippen LogP contribution in [0.5, 0.6) is 0 Å². The van der Waals surface area contributed by atoms with Crippen LogP contribution in [0, 0.1) is 5.41 Å². The van der Waals surface area contributed by atoms with Gasteiger partial charge < -0.3 is 14.7 Å². The molecular weight excluding hydrogens is 422 g/mol. The molecule has 28 heavy (non-hydrogen) atoms. The number of carbonyl (C=O) groups is 3. The van der Waals surface area contributed by atoms with Crippen molar-refractivity contribution in [1.29, 1.82) is 0 Å². The number of nitrogens with zero attached hydrogens (tertiary/aromatic N) is 3. The minimum Gasteiger partial charge on any atom is -0.339 e. The average molecular weight is 450 g/mol. The molecule has 2 aliphatic rings. The molecule has 1 unspecified atom stereocenters. The summed E-state index contributed by atoms with van der Waals surface area (Å²) in [4.78, 5) is 43.8. The van der Waals surface area contributed by atoms with Crippen molar-refractivity contribution < 1.29 is 14.4 Å². The Kier molecular flexibility index (Phi) is 6.12. The maximum absolute atomic E-state index is 13.1. The van der Waals surface area contributed by atoms with Gasteiger partial charge in [-0.3, -0.25) is 14.4 Å². The molecule has 1 atom stereocenters. The minimum atomic E-state index is -0.411. The van der Waals surface area contributed by atoms with E-state index in [1.54, 1.807) is 17.0 Å². The normalized spacial score (nSPS) is 20.4. The number of hydrogen-bond acceptors (Lipinski definition) is 3. The van der Waals surface area contributed by atoms with E-state index >= 15 is 0 Å². The predicted octanol–water partition coefficient (Wildman–Crippen LogP) is 2.77. The van der Waals surface area contributed by atoms with Crippen molar-refractivity contribution in [2.45, 2.75) is 39.7 Å². The van der Waals surface area contributed by atoms with Crippen molar-refractivity contribution in [1.82, 2.24) is 14.7 Å². The van der Waals surface area contributed by atoms with Gasteiger partial charge in [-0.1, -0.05) is 36.7 Å². The lowest BCUT2D eigenvalue weighted by atomic mass is 9.94. The Hall–Kier alpha value is -1.89. The molecule has 0 aromatic heterocycles. The molecule has 0 aliphatic carbocycles. The van der Waals surface area contributed by atoms with Crippen LogP contribution in [-0.2, 0) is 9.59 Å². The third-order valence-corrected chi connectivity index (χ3v) is 5.94. The lowest BCUT2D eigenvalue weighted by Gasteiger charge is -2.39. The highest BCUT2D eigenvalue weighted by Crippen LogP contribution is 2.24. The first kappa shape index (κ1) is 20.8. The summed E-state index contributed by atoms with van der Waals surface area (Å²) >= 11 is 3.38. The van der Waals surface area contributed by atoms with Gasteiger partial charge in [-0.2, -0.15) is 0 Å². The van der Waals surface area contributed by atoms with Crippen LogP contribution >= 0.6 is 15.9 Å². The summed E-state index contributed by atoms with van der Waals surface area (Å²) in [5, 5.41) is 0. The Morgan fingerprint density at radius 1 is 0.929 bits per heavy atom. The van der Waals surface area contributed by atoms with Crippen molar-refractivity contribution in [3.63, 3.8) is 0 Å². The van der Waals surface area contributed by atoms with Gasteiger partial charge in [-0.25, -0.2) is 0 Å². The van der Waals surface area contributed by atoms with Gasteiger partial charge in [0.25, 0.3) is 5.91 Å². The quantitative estimate of drug-likeness (QED) is 0.697. The molecule has 0 saturated carbocycles. The Morgan fingerprint density at radius 3 is 2.07 bits per heavy atom. The van der Waals surface area contributed by atoms with Crippen molar-refractivity contribution in [2.75, 3.05) is 32.7 Å². The van der Waals surface area contributed by atoms with E-state index in [0.29, 0.717) is 44.7 Å². The fraction of sp³-hybridized carbons (Fsp3) is 0.571. The van der Waals surface area contributed by atoms with E-state index in [-0.39, 0.29) is 17.7 Å². The van der Waals surface area contributed by atoms with Crippen LogP contribution in [0.3, 0.4) is 0 Å². The molecule has 2 heterocycles. The second-order valence-electron chi connectivity index (χ2n) is 8.53. The first-order valence-electron chi connectivity index (χ1n) is 9.83. The minimum absolute atomic E-state index is 0.00539. The molecule has 6 nitrogen and oxygen atoms in total. The molecule has 2 saturated heterocycles. The zero-order chi connectivity index (χ0) is 20.5. The molecule has 3 rings (SSSR count). The molecular formula is C21H28BrN3O3. The van der Waals surface area contributed by atoms with Crippen molar-refractivity contribution in [3.8, 4) is 0 Å². The van der Waals surface area contributed by atoms with Gasteiger partial charge in [0.2, 0.25) is 11.8 Å². The van der Waals surface area contributed by atoms with Crippen LogP contribution in [0.4, 0.5) is 0 Å². The summed E-state index contributed by atoms with van der Waals surface area (Å²) in [6.07, 6.45) is 1.53. The standard InChI is InChI=1S/C21H28BrN3O3/c1-21(2,3)20(28)24-13-11-23(12-14-24)19(27)17-5-4-10-25(17)18(26)15-6-8-16(22)9-7-15/h6-9,17H,4-5,10-14H2,1-3H3. The van der Waals surface area contributed by atoms with Crippen LogP contribution in [-0.4, -0.2) is 71.2 Å². The van der Waals surface area contributed by atoms with Crippen molar-refractivity contribution in [3.05, 3.63) is 34.3 Å². The van der Waals surface area contributed by atoms with E-state index in [1.165, 1.54) is 0 Å². The zero-order valence-electron chi connectivity index (χ0n) is 16.8. The molecule has 2 aliphatic heterocycles. The van der Waals surface area contributed by atoms with Gasteiger partial charge in [0.1, 0.15) is 6.04 Å². The Bertz CT molecular complexity index is 749. The van der Waals surface area contributed by atoms with E-state index in [0.717, 1.165) is 10.9 Å². The zero-order valence-corrected chi connectivity index (χ0v) is 18.4. The Labute approximate surface area is 175 Å². The lowest BCUT2D eigenvalue weighted by Crippen LogP contribution is -2.56. The molecule has 0 radical (unpaired) electrons. The summed E-state index contributed by atoms with van der Waals surface area (Å²) in [6.45, 7) is 8.50. The third-order valence-electron chi connectivity index (χ3n) is 5.41. The highest BCUT2D eigenvalue weighted by Gasteiger charge is 2.38. The van der Waals surface area contributed by atoms with Gasteiger partial charge in [0, 0.05) is 48.2 Å². The first-order valence-corrected chi connectivity index (χ1v) is 10.6. The predicted molar refractivity (Wildman–Crippen MR) is 111 cm³/mol. The van der Waals surface area contributed by atoms with Gasteiger partial charge in [-0.05, 0) is 37.1 Å². The summed E-state index contributed by atoms with van der Waals surface area (Å²) in [5.41, 5.74) is 0.189. The topological polar surface area (TPSA) is 60.9 Å². The summed E-state index contributed by atoms with van der Waals surface area (Å²) in [7, 11) is 0. The van der Waals surface area contributed by atoms with Crippen LogP contribution in [0.1, 0.15) is 44.0 Å². The highest BCUT2D eigenvalue weighted by atomic mass is 79.9. The van der Waals surface area contributed by atoms with Crippen LogP contribution in [0.15, 0.2) is 28.7 Å². The number of hydrogen-bond donors (Lipinski definition) is 0. The fourth-order valence-corrected chi connectivity index (χ4v) is 4.10. The molecule has 152 valence electrons. The van der Waals surface area contributed by atoms with Gasteiger partial charge >= 0.3 is 0 Å². The number of amides is 3. The molecule has 1 aromatic rings. The Balaban J connectivity index is 1.63. The van der Waals surface area contributed by atoms with Crippen LogP contribution < -0.4 is 0 Å². The number of likely N-dealkylation sites (tertiary alicyclic amines) is 1. The van der Waals surface area contributed by atoms with E-state index < -0.39 is 11.5 Å². The van der Waals surface area contributed by atoms with E-state index in [4.69, 9.17) is 0 Å².